The maximum Gasteiger partial charge on any atom is 0.272 e. The second-order valence-electron chi connectivity index (χ2n) is 9.12. The first kappa shape index (κ1) is 21.0. The minimum Gasteiger partial charge on any atom is -0.376 e. The van der Waals surface area contributed by atoms with Crippen molar-refractivity contribution < 1.29 is 9.53 Å². The Morgan fingerprint density at radius 1 is 1.09 bits per heavy atom. The number of rotatable bonds is 4. The highest BCUT2D eigenvalue weighted by molar-refractivity contribution is 5.92. The van der Waals surface area contributed by atoms with Crippen molar-refractivity contribution in [2.75, 3.05) is 19.7 Å². The summed E-state index contributed by atoms with van der Waals surface area (Å²) in [7, 11) is 0. The molecule has 0 N–H and O–H groups in total. The van der Waals surface area contributed by atoms with Gasteiger partial charge >= 0.3 is 0 Å². The molecule has 32 heavy (non-hydrogen) atoms. The molecule has 2 aromatic carbocycles. The van der Waals surface area contributed by atoms with Gasteiger partial charge in [-0.05, 0) is 61.3 Å². The molecule has 3 aromatic rings. The molecule has 5 heteroatoms. The molecule has 2 aliphatic rings. The number of amides is 1. The molecule has 0 aliphatic carbocycles. The van der Waals surface area contributed by atoms with Crippen LogP contribution in [0.2, 0.25) is 0 Å². The predicted molar refractivity (Wildman–Crippen MR) is 126 cm³/mol. The number of hydrogen-bond donors (Lipinski definition) is 0. The van der Waals surface area contributed by atoms with E-state index in [9.17, 15) is 4.79 Å². The Balaban J connectivity index is 1.43. The van der Waals surface area contributed by atoms with E-state index >= 15 is 0 Å². The van der Waals surface area contributed by atoms with Gasteiger partial charge < -0.3 is 14.2 Å². The highest BCUT2D eigenvalue weighted by Crippen LogP contribution is 2.33. The van der Waals surface area contributed by atoms with Crippen molar-refractivity contribution in [1.29, 1.82) is 0 Å². The van der Waals surface area contributed by atoms with Crippen LogP contribution in [0.5, 0.6) is 0 Å². The van der Waals surface area contributed by atoms with Crippen LogP contribution in [0, 0.1) is 12.8 Å². The SMILES string of the molecule is Cc1ccccc1-c1ccccc1[C@H](C)n1cncc1C(=O)N1CCC2CCCO[C@@H]2C1. The van der Waals surface area contributed by atoms with Crippen molar-refractivity contribution in [2.45, 2.75) is 45.3 Å². The fourth-order valence-corrected chi connectivity index (χ4v) is 5.32. The van der Waals surface area contributed by atoms with Crippen LogP contribution in [0.25, 0.3) is 11.1 Å². The molecule has 2 aliphatic heterocycles. The van der Waals surface area contributed by atoms with Gasteiger partial charge in [-0.2, -0.15) is 0 Å². The zero-order valence-corrected chi connectivity index (χ0v) is 18.9. The van der Waals surface area contributed by atoms with Crippen LogP contribution >= 0.6 is 0 Å². The number of fused-ring (bicyclic) bond motifs is 1. The van der Waals surface area contributed by atoms with Gasteiger partial charge in [0, 0.05) is 19.7 Å². The summed E-state index contributed by atoms with van der Waals surface area (Å²) in [6, 6.07) is 16.9. The summed E-state index contributed by atoms with van der Waals surface area (Å²) in [5.74, 6) is 0.646. The Hall–Kier alpha value is -2.92. The normalized spacial score (nSPS) is 21.8. The summed E-state index contributed by atoms with van der Waals surface area (Å²) in [6.45, 7) is 6.57. The van der Waals surface area contributed by atoms with Crippen LogP contribution in [0.3, 0.4) is 0 Å². The van der Waals surface area contributed by atoms with E-state index in [1.165, 1.54) is 28.7 Å². The molecule has 0 spiro atoms. The molecular weight excluding hydrogens is 398 g/mol. The summed E-state index contributed by atoms with van der Waals surface area (Å²) >= 11 is 0. The number of carbonyl (C=O) groups is 1. The third-order valence-corrected chi connectivity index (χ3v) is 7.18. The number of imidazole rings is 1. The molecule has 166 valence electrons. The van der Waals surface area contributed by atoms with Crippen molar-refractivity contribution in [3.8, 4) is 11.1 Å². The monoisotopic (exact) mass is 429 g/mol. The summed E-state index contributed by atoms with van der Waals surface area (Å²) in [4.78, 5) is 19.8. The Morgan fingerprint density at radius 2 is 1.88 bits per heavy atom. The van der Waals surface area contributed by atoms with E-state index in [0.717, 1.165) is 26.0 Å². The van der Waals surface area contributed by atoms with E-state index in [-0.39, 0.29) is 18.1 Å². The summed E-state index contributed by atoms with van der Waals surface area (Å²) in [6.07, 6.45) is 7.06. The quantitative estimate of drug-likeness (QED) is 0.579. The van der Waals surface area contributed by atoms with Gasteiger partial charge in [0.25, 0.3) is 5.91 Å². The lowest BCUT2D eigenvalue weighted by molar-refractivity contribution is -0.0629. The summed E-state index contributed by atoms with van der Waals surface area (Å²) < 4.78 is 8.01. The van der Waals surface area contributed by atoms with Crippen molar-refractivity contribution in [3.63, 3.8) is 0 Å². The number of benzene rings is 2. The van der Waals surface area contributed by atoms with Gasteiger partial charge in [0.15, 0.2) is 0 Å². The topological polar surface area (TPSA) is 47.4 Å². The van der Waals surface area contributed by atoms with Crippen molar-refractivity contribution >= 4 is 5.91 Å². The lowest BCUT2D eigenvalue weighted by Gasteiger charge is -2.41. The van der Waals surface area contributed by atoms with Crippen LogP contribution < -0.4 is 0 Å². The molecular formula is C27H31N3O2. The van der Waals surface area contributed by atoms with Crippen LogP contribution in [0.4, 0.5) is 0 Å². The summed E-state index contributed by atoms with van der Waals surface area (Å²) in [5, 5.41) is 0. The average molecular weight is 430 g/mol. The Morgan fingerprint density at radius 3 is 2.72 bits per heavy atom. The highest BCUT2D eigenvalue weighted by atomic mass is 16.5. The molecule has 3 atom stereocenters. The third-order valence-electron chi connectivity index (χ3n) is 7.18. The standard InChI is InChI=1S/C27H31N3O2/c1-19-8-3-4-10-22(19)24-12-6-5-11-23(24)20(2)30-18-28-16-25(30)27(31)29-14-13-21-9-7-15-32-26(21)17-29/h3-6,8,10-12,16,18,20-21,26H,7,9,13-15,17H2,1-2H3/t20-,21?,26+/m0/s1. The zero-order chi connectivity index (χ0) is 22.1. The molecule has 0 bridgehead atoms. The Kier molecular flexibility index (Phi) is 5.83. The molecule has 2 fully saturated rings. The summed E-state index contributed by atoms with van der Waals surface area (Å²) in [5.41, 5.74) is 5.49. The second kappa shape index (κ2) is 8.91. The zero-order valence-electron chi connectivity index (χ0n) is 18.9. The number of carbonyl (C=O) groups excluding carboxylic acids is 1. The number of hydrogen-bond acceptors (Lipinski definition) is 3. The smallest absolute Gasteiger partial charge is 0.272 e. The van der Waals surface area contributed by atoms with E-state index < -0.39 is 0 Å². The molecule has 1 unspecified atom stereocenters. The lowest BCUT2D eigenvalue weighted by atomic mass is 9.87. The fraction of sp³-hybridized carbons (Fsp3) is 0.407. The van der Waals surface area contributed by atoms with E-state index in [1.54, 1.807) is 12.5 Å². The molecule has 0 saturated carbocycles. The highest BCUT2D eigenvalue weighted by Gasteiger charge is 2.35. The fourth-order valence-electron chi connectivity index (χ4n) is 5.32. The molecule has 1 aromatic heterocycles. The first-order valence-corrected chi connectivity index (χ1v) is 11.7. The maximum absolute atomic E-state index is 13.5. The molecule has 5 rings (SSSR count). The van der Waals surface area contributed by atoms with Gasteiger partial charge in [-0.3, -0.25) is 4.79 Å². The van der Waals surface area contributed by atoms with Gasteiger partial charge in [-0.25, -0.2) is 4.98 Å². The van der Waals surface area contributed by atoms with Crippen molar-refractivity contribution in [3.05, 3.63) is 77.9 Å². The first-order valence-electron chi connectivity index (χ1n) is 11.7. The van der Waals surface area contributed by atoms with Gasteiger partial charge in [0.05, 0.1) is 24.7 Å². The number of nitrogens with zero attached hydrogens (tertiary/aromatic N) is 3. The van der Waals surface area contributed by atoms with E-state index in [4.69, 9.17) is 4.74 Å². The van der Waals surface area contributed by atoms with Gasteiger partial charge in [-0.15, -0.1) is 0 Å². The molecule has 1 amide bonds. The van der Waals surface area contributed by atoms with E-state index in [0.29, 0.717) is 18.2 Å². The minimum absolute atomic E-state index is 0.0178. The Labute approximate surface area is 190 Å². The van der Waals surface area contributed by atoms with Crippen molar-refractivity contribution in [2.24, 2.45) is 5.92 Å². The predicted octanol–water partition coefficient (Wildman–Crippen LogP) is 5.11. The molecule has 3 heterocycles. The average Bonchev–Trinajstić information content (AvgIpc) is 3.33. The van der Waals surface area contributed by atoms with Crippen molar-refractivity contribution in [1.82, 2.24) is 14.5 Å². The largest absolute Gasteiger partial charge is 0.376 e. The first-order chi connectivity index (χ1) is 15.6. The number of ether oxygens (including phenoxy) is 1. The van der Waals surface area contributed by atoms with Crippen LogP contribution in [0.1, 0.15) is 53.8 Å². The second-order valence-corrected chi connectivity index (χ2v) is 9.12. The van der Waals surface area contributed by atoms with E-state index in [1.807, 2.05) is 9.47 Å². The van der Waals surface area contributed by atoms with E-state index in [2.05, 4.69) is 67.4 Å². The molecule has 2 saturated heterocycles. The number of piperidine rings is 1. The van der Waals surface area contributed by atoms with Gasteiger partial charge in [0.2, 0.25) is 0 Å². The van der Waals surface area contributed by atoms with Crippen LogP contribution in [-0.2, 0) is 4.74 Å². The molecule has 0 radical (unpaired) electrons. The molecule has 5 nitrogen and oxygen atoms in total. The minimum atomic E-state index is -0.0178. The van der Waals surface area contributed by atoms with Gasteiger partial charge in [0.1, 0.15) is 5.69 Å². The lowest BCUT2D eigenvalue weighted by Crippen LogP contribution is -2.49. The number of likely N-dealkylation sites (tertiary alicyclic amines) is 1. The third kappa shape index (κ3) is 3.86. The Bertz CT molecular complexity index is 1110. The number of aromatic nitrogens is 2. The van der Waals surface area contributed by atoms with Gasteiger partial charge in [-0.1, -0.05) is 48.5 Å². The maximum atomic E-state index is 13.5. The van der Waals surface area contributed by atoms with Crippen LogP contribution in [-0.4, -0.2) is 46.2 Å². The van der Waals surface area contributed by atoms with Crippen LogP contribution in [0.15, 0.2) is 61.1 Å². The number of aryl methyl sites for hydroxylation is 1.